The van der Waals surface area contributed by atoms with Crippen LogP contribution in [0.3, 0.4) is 0 Å². The normalized spacial score (nSPS) is 19.7. The average Bonchev–Trinajstić information content (AvgIpc) is 3.20. The maximum Gasteiger partial charge on any atom is 0.260 e. The first-order valence-electron chi connectivity index (χ1n) is 8.92. The first-order valence-corrected chi connectivity index (χ1v) is 9.73. The van der Waals surface area contributed by atoms with Crippen molar-refractivity contribution in [3.63, 3.8) is 0 Å². The third kappa shape index (κ3) is 3.04. The molecule has 0 spiro atoms. The number of quaternary nitrogens is 1. The Hall–Kier alpha value is -1.92. The minimum Gasteiger partial charge on any atom is -0.463 e. The lowest BCUT2D eigenvalue weighted by Gasteiger charge is -2.20. The third-order valence-corrected chi connectivity index (χ3v) is 6.51. The van der Waals surface area contributed by atoms with Gasteiger partial charge in [0.05, 0.1) is 18.7 Å². The smallest absolute Gasteiger partial charge is 0.260 e. The molecule has 6 heteroatoms. The van der Waals surface area contributed by atoms with Gasteiger partial charge >= 0.3 is 0 Å². The molecule has 3 aromatic rings. The van der Waals surface area contributed by atoms with Crippen LogP contribution >= 0.6 is 11.3 Å². The summed E-state index contributed by atoms with van der Waals surface area (Å²) in [4.78, 5) is 24.1. The second-order valence-electron chi connectivity index (χ2n) is 7.31. The Morgan fingerprint density at radius 1 is 1.52 bits per heavy atom. The minimum atomic E-state index is 0.0182. The molecule has 3 atom stereocenters. The van der Waals surface area contributed by atoms with Crippen LogP contribution < -0.4 is 10.5 Å². The Kier molecular flexibility index (Phi) is 4.25. The Morgan fingerprint density at radius 2 is 2.36 bits per heavy atom. The molecule has 3 aromatic heterocycles. The van der Waals surface area contributed by atoms with Crippen LogP contribution in [-0.2, 0) is 19.4 Å². The molecule has 1 aliphatic carbocycles. The second-order valence-corrected chi connectivity index (χ2v) is 8.39. The van der Waals surface area contributed by atoms with Gasteiger partial charge in [-0.2, -0.15) is 0 Å². The topological polar surface area (TPSA) is 63.3 Å². The molecule has 0 saturated heterocycles. The lowest BCUT2D eigenvalue weighted by Crippen LogP contribution is -3.07. The van der Waals surface area contributed by atoms with Crippen molar-refractivity contribution in [3.8, 4) is 0 Å². The molecule has 3 heterocycles. The van der Waals surface area contributed by atoms with Crippen LogP contribution in [0.4, 0.5) is 0 Å². The maximum atomic E-state index is 12.7. The number of aromatic amines is 1. The van der Waals surface area contributed by atoms with Crippen LogP contribution in [0, 0.1) is 5.92 Å². The molecule has 0 aliphatic heterocycles. The van der Waals surface area contributed by atoms with Gasteiger partial charge in [-0.05, 0) is 49.8 Å². The van der Waals surface area contributed by atoms with Gasteiger partial charge in [0.2, 0.25) is 0 Å². The van der Waals surface area contributed by atoms with E-state index in [0.29, 0.717) is 5.92 Å². The fourth-order valence-corrected chi connectivity index (χ4v) is 5.04. The molecule has 1 aliphatic rings. The summed E-state index contributed by atoms with van der Waals surface area (Å²) in [6, 6.07) is 3.96. The third-order valence-electron chi connectivity index (χ3n) is 5.37. The number of furan rings is 1. The molecule has 0 aromatic carbocycles. The van der Waals surface area contributed by atoms with Crippen molar-refractivity contribution in [2.75, 3.05) is 7.05 Å². The van der Waals surface area contributed by atoms with E-state index in [1.165, 1.54) is 15.3 Å². The second kappa shape index (κ2) is 6.42. The Bertz CT molecular complexity index is 942. The minimum absolute atomic E-state index is 0.0182. The number of fused-ring (bicyclic) bond motifs is 3. The van der Waals surface area contributed by atoms with Crippen LogP contribution in [0.25, 0.3) is 10.2 Å². The highest BCUT2D eigenvalue weighted by Crippen LogP contribution is 2.35. The predicted molar refractivity (Wildman–Crippen MR) is 99.1 cm³/mol. The van der Waals surface area contributed by atoms with Gasteiger partial charge in [0.15, 0.2) is 11.6 Å². The van der Waals surface area contributed by atoms with Crippen LogP contribution in [-0.4, -0.2) is 17.0 Å². The number of hydrogen-bond donors (Lipinski definition) is 2. The van der Waals surface area contributed by atoms with Crippen molar-refractivity contribution in [2.45, 2.75) is 45.7 Å². The number of hydrogen-bond acceptors (Lipinski definition) is 4. The van der Waals surface area contributed by atoms with E-state index in [2.05, 4.69) is 25.9 Å². The summed E-state index contributed by atoms with van der Waals surface area (Å²) < 4.78 is 5.44. The maximum absolute atomic E-state index is 12.7. The van der Waals surface area contributed by atoms with Crippen LogP contribution in [0.5, 0.6) is 0 Å². The molecular weight excluding hydrogens is 334 g/mol. The highest BCUT2D eigenvalue weighted by Gasteiger charge is 2.25. The molecular formula is C19H24N3O2S+. The summed E-state index contributed by atoms with van der Waals surface area (Å²) in [5, 5.41) is 0.825. The summed E-state index contributed by atoms with van der Waals surface area (Å²) in [6.07, 6.45) is 4.92. The summed E-state index contributed by atoms with van der Waals surface area (Å²) in [7, 11) is 2.10. The fraction of sp³-hybridized carbons (Fsp3) is 0.474. The number of aromatic nitrogens is 2. The van der Waals surface area contributed by atoms with Crippen molar-refractivity contribution >= 4 is 21.6 Å². The lowest BCUT2D eigenvalue weighted by molar-refractivity contribution is -0.925. The van der Waals surface area contributed by atoms with Gasteiger partial charge in [-0.15, -0.1) is 11.3 Å². The Labute approximate surface area is 150 Å². The average molecular weight is 358 g/mol. The SMILES string of the molecule is C[C@H]1CCc2c(sc3nc([C@H](C)[NH+](C)Cc4ccco4)[nH]c(=O)c23)C1. The highest BCUT2D eigenvalue weighted by atomic mass is 32.1. The molecule has 1 unspecified atom stereocenters. The quantitative estimate of drug-likeness (QED) is 0.753. The molecule has 4 rings (SSSR count). The summed E-state index contributed by atoms with van der Waals surface area (Å²) in [5.41, 5.74) is 1.26. The van der Waals surface area contributed by atoms with Gasteiger partial charge in [0, 0.05) is 4.88 Å². The first kappa shape index (κ1) is 16.5. The molecule has 0 radical (unpaired) electrons. The van der Waals surface area contributed by atoms with E-state index >= 15 is 0 Å². The van der Waals surface area contributed by atoms with E-state index in [1.54, 1.807) is 17.6 Å². The van der Waals surface area contributed by atoms with Gasteiger partial charge in [-0.25, -0.2) is 4.98 Å². The van der Waals surface area contributed by atoms with E-state index < -0.39 is 0 Å². The van der Waals surface area contributed by atoms with E-state index in [1.807, 2.05) is 12.1 Å². The largest absolute Gasteiger partial charge is 0.463 e. The van der Waals surface area contributed by atoms with Crippen LogP contribution in [0.15, 0.2) is 27.6 Å². The summed E-state index contributed by atoms with van der Waals surface area (Å²) >= 11 is 1.71. The van der Waals surface area contributed by atoms with Crippen molar-refractivity contribution < 1.29 is 9.32 Å². The van der Waals surface area contributed by atoms with Gasteiger partial charge in [0.25, 0.3) is 5.56 Å². The predicted octanol–water partition coefficient (Wildman–Crippen LogP) is 2.48. The molecule has 0 saturated carbocycles. The van der Waals surface area contributed by atoms with Crippen molar-refractivity contribution in [1.82, 2.24) is 9.97 Å². The first-order chi connectivity index (χ1) is 12.0. The molecule has 0 amide bonds. The zero-order chi connectivity index (χ0) is 17.6. The summed E-state index contributed by atoms with van der Waals surface area (Å²) in [6.45, 7) is 5.14. The Morgan fingerprint density at radius 3 is 3.12 bits per heavy atom. The highest BCUT2D eigenvalue weighted by molar-refractivity contribution is 7.18. The van der Waals surface area contributed by atoms with E-state index in [4.69, 9.17) is 9.40 Å². The molecule has 0 fully saturated rings. The number of H-pyrrole nitrogens is 1. The molecule has 0 bridgehead atoms. The molecule has 25 heavy (non-hydrogen) atoms. The summed E-state index contributed by atoms with van der Waals surface area (Å²) in [5.74, 6) is 2.39. The number of rotatable bonds is 4. The molecule has 5 nitrogen and oxygen atoms in total. The Balaban J connectivity index is 1.67. The number of aryl methyl sites for hydroxylation is 1. The van der Waals surface area contributed by atoms with E-state index in [9.17, 15) is 4.79 Å². The zero-order valence-electron chi connectivity index (χ0n) is 14.9. The van der Waals surface area contributed by atoms with E-state index in [-0.39, 0.29) is 11.6 Å². The van der Waals surface area contributed by atoms with Gasteiger partial charge in [-0.1, -0.05) is 6.92 Å². The molecule has 2 N–H and O–H groups in total. The number of nitrogens with one attached hydrogen (secondary N) is 2. The van der Waals surface area contributed by atoms with E-state index in [0.717, 1.165) is 47.6 Å². The monoisotopic (exact) mass is 358 g/mol. The fourth-order valence-electron chi connectivity index (χ4n) is 3.65. The standard InChI is InChI=1S/C19H23N3O2S/c1-11-6-7-14-15(9-11)25-19-16(14)18(23)20-17(21-19)12(2)22(3)10-13-5-4-8-24-13/h4-5,8,11-12H,6-7,9-10H2,1-3H3,(H,20,21,23)/p+1/t11-,12-/m0/s1. The molecule has 132 valence electrons. The number of thiophene rings is 1. The van der Waals surface area contributed by atoms with Gasteiger partial charge in [0.1, 0.15) is 17.4 Å². The zero-order valence-corrected chi connectivity index (χ0v) is 15.7. The van der Waals surface area contributed by atoms with Crippen molar-refractivity contribution in [1.29, 1.82) is 0 Å². The lowest BCUT2D eigenvalue weighted by atomic mass is 9.89. The van der Waals surface area contributed by atoms with Crippen LogP contribution in [0.2, 0.25) is 0 Å². The van der Waals surface area contributed by atoms with Crippen LogP contribution in [0.1, 0.15) is 48.3 Å². The van der Waals surface area contributed by atoms with Gasteiger partial charge < -0.3 is 14.3 Å². The van der Waals surface area contributed by atoms with Crippen molar-refractivity contribution in [3.05, 3.63) is 50.8 Å². The van der Waals surface area contributed by atoms with Crippen molar-refractivity contribution in [2.24, 2.45) is 5.92 Å². The van der Waals surface area contributed by atoms with Gasteiger partial charge in [-0.3, -0.25) is 4.79 Å². The number of nitrogens with zero attached hydrogens (tertiary/aromatic N) is 1.